The molecule has 4 amide bonds. The minimum absolute atomic E-state index is 0.0421. The van der Waals surface area contributed by atoms with Gasteiger partial charge in [-0.25, -0.2) is 14.1 Å². The molecule has 1 aromatic carbocycles. The summed E-state index contributed by atoms with van der Waals surface area (Å²) >= 11 is 0. The average Bonchev–Trinajstić information content (AvgIpc) is 2.39. The Morgan fingerprint density at radius 2 is 2.00 bits per heavy atom. The molecule has 108 valence electrons. The second-order valence-electron chi connectivity index (χ2n) is 4.96. The highest BCUT2D eigenvalue weighted by Crippen LogP contribution is 2.27. The quantitative estimate of drug-likeness (QED) is 0.836. The fourth-order valence-electron chi connectivity index (χ4n) is 2.20. The Bertz CT molecular complexity index is 679. The third kappa shape index (κ3) is 2.48. The predicted molar refractivity (Wildman–Crippen MR) is 70.5 cm³/mol. The summed E-state index contributed by atoms with van der Waals surface area (Å²) in [6, 6.07) is 3.92. The molecule has 7 heteroatoms. The van der Waals surface area contributed by atoms with Crippen molar-refractivity contribution < 1.29 is 18.8 Å². The fourth-order valence-corrected chi connectivity index (χ4v) is 2.20. The molecule has 1 unspecified atom stereocenters. The van der Waals surface area contributed by atoms with E-state index in [-0.39, 0.29) is 17.2 Å². The Labute approximate surface area is 120 Å². The summed E-state index contributed by atoms with van der Waals surface area (Å²) in [7, 11) is 0. The van der Waals surface area contributed by atoms with Gasteiger partial charge in [-0.1, -0.05) is 13.8 Å². The van der Waals surface area contributed by atoms with E-state index in [4.69, 9.17) is 5.26 Å². The summed E-state index contributed by atoms with van der Waals surface area (Å²) in [6.45, 7) is 3.35. The Balaban J connectivity index is 2.52. The Hall–Kier alpha value is -2.75. The van der Waals surface area contributed by atoms with E-state index in [2.05, 4.69) is 5.32 Å². The van der Waals surface area contributed by atoms with Crippen molar-refractivity contribution in [2.45, 2.75) is 13.8 Å². The topological polar surface area (TPSA) is 90.3 Å². The molecular weight excluding hydrogens is 277 g/mol. The number of halogens is 1. The zero-order valence-corrected chi connectivity index (χ0v) is 11.4. The second-order valence-corrected chi connectivity index (χ2v) is 4.96. The highest BCUT2D eigenvalue weighted by atomic mass is 19.1. The van der Waals surface area contributed by atoms with Crippen molar-refractivity contribution in [1.29, 1.82) is 5.26 Å². The molecule has 0 aliphatic carbocycles. The number of nitrogens with zero attached hydrogens (tertiary/aromatic N) is 2. The minimum Gasteiger partial charge on any atom is -0.277 e. The van der Waals surface area contributed by atoms with Crippen LogP contribution in [0.15, 0.2) is 18.2 Å². The van der Waals surface area contributed by atoms with Crippen molar-refractivity contribution in [3.05, 3.63) is 29.6 Å². The maximum absolute atomic E-state index is 13.2. The summed E-state index contributed by atoms with van der Waals surface area (Å²) < 4.78 is 13.2. The van der Waals surface area contributed by atoms with Crippen molar-refractivity contribution in [1.82, 2.24) is 5.32 Å². The normalized spacial score (nSPS) is 18.7. The molecule has 21 heavy (non-hydrogen) atoms. The molecule has 1 aliphatic rings. The number of imide groups is 2. The summed E-state index contributed by atoms with van der Waals surface area (Å²) in [6.07, 6.45) is 0. The lowest BCUT2D eigenvalue weighted by Crippen LogP contribution is -2.59. The molecule has 1 atom stereocenters. The molecule has 0 saturated carbocycles. The fraction of sp³-hybridized carbons (Fsp3) is 0.286. The number of amides is 4. The van der Waals surface area contributed by atoms with Crippen molar-refractivity contribution in [2.75, 3.05) is 4.90 Å². The second kappa shape index (κ2) is 5.32. The summed E-state index contributed by atoms with van der Waals surface area (Å²) in [5.41, 5.74) is -0.199. The van der Waals surface area contributed by atoms with E-state index in [1.54, 1.807) is 19.9 Å². The predicted octanol–water partition coefficient (Wildman–Crippen LogP) is 1.55. The van der Waals surface area contributed by atoms with Crippen LogP contribution in [-0.2, 0) is 9.59 Å². The maximum Gasteiger partial charge on any atom is 0.335 e. The van der Waals surface area contributed by atoms with Gasteiger partial charge in [0.25, 0.3) is 0 Å². The van der Waals surface area contributed by atoms with E-state index in [1.807, 2.05) is 0 Å². The number of carbonyl (C=O) groups excluding carboxylic acids is 3. The number of benzene rings is 1. The molecule has 1 aliphatic heterocycles. The third-order valence-corrected chi connectivity index (χ3v) is 3.19. The molecule has 0 bridgehead atoms. The third-order valence-electron chi connectivity index (χ3n) is 3.19. The van der Waals surface area contributed by atoms with Gasteiger partial charge in [-0.05, 0) is 24.1 Å². The van der Waals surface area contributed by atoms with Crippen molar-refractivity contribution in [3.63, 3.8) is 0 Å². The van der Waals surface area contributed by atoms with Gasteiger partial charge in [0.2, 0.25) is 11.8 Å². The zero-order chi connectivity index (χ0) is 15.7. The molecule has 1 N–H and O–H groups in total. The molecule has 1 fully saturated rings. The summed E-state index contributed by atoms with van der Waals surface area (Å²) in [5.74, 6) is -3.39. The zero-order valence-electron chi connectivity index (χ0n) is 11.4. The SMILES string of the molecule is CC(C)C1C(=O)NC(=O)N(c2ccc(F)cc2C#N)C1=O. The van der Waals surface area contributed by atoms with Crippen LogP contribution in [0.1, 0.15) is 19.4 Å². The van der Waals surface area contributed by atoms with Crippen LogP contribution in [0.2, 0.25) is 0 Å². The number of barbiturate groups is 1. The van der Waals surface area contributed by atoms with Gasteiger partial charge in [-0.2, -0.15) is 5.26 Å². The molecule has 0 radical (unpaired) electrons. The van der Waals surface area contributed by atoms with Gasteiger partial charge in [0.15, 0.2) is 0 Å². The molecule has 2 rings (SSSR count). The Morgan fingerprint density at radius 3 is 2.57 bits per heavy atom. The number of nitrogens with one attached hydrogen (secondary N) is 1. The Morgan fingerprint density at radius 1 is 1.33 bits per heavy atom. The first-order valence-electron chi connectivity index (χ1n) is 6.25. The van der Waals surface area contributed by atoms with E-state index < -0.39 is 29.6 Å². The largest absolute Gasteiger partial charge is 0.335 e. The molecule has 0 spiro atoms. The van der Waals surface area contributed by atoms with Crippen LogP contribution in [0.3, 0.4) is 0 Å². The van der Waals surface area contributed by atoms with Gasteiger partial charge < -0.3 is 0 Å². The smallest absolute Gasteiger partial charge is 0.277 e. The minimum atomic E-state index is -1.03. The van der Waals surface area contributed by atoms with Crippen LogP contribution in [0, 0.1) is 29.0 Å². The number of hydrogen-bond donors (Lipinski definition) is 1. The molecular formula is C14H12FN3O3. The highest BCUT2D eigenvalue weighted by molar-refractivity contribution is 6.28. The van der Waals surface area contributed by atoms with Gasteiger partial charge >= 0.3 is 6.03 Å². The van der Waals surface area contributed by atoms with Crippen LogP contribution in [0.25, 0.3) is 0 Å². The van der Waals surface area contributed by atoms with Crippen LogP contribution >= 0.6 is 0 Å². The van der Waals surface area contributed by atoms with E-state index in [1.165, 1.54) is 6.07 Å². The average molecular weight is 289 g/mol. The molecule has 1 heterocycles. The number of nitriles is 1. The van der Waals surface area contributed by atoms with Gasteiger partial charge in [-0.15, -0.1) is 0 Å². The van der Waals surface area contributed by atoms with Crippen molar-refractivity contribution in [2.24, 2.45) is 11.8 Å². The molecule has 1 aromatic rings. The van der Waals surface area contributed by atoms with Gasteiger partial charge in [0.1, 0.15) is 17.8 Å². The van der Waals surface area contributed by atoms with Gasteiger partial charge in [0, 0.05) is 0 Å². The van der Waals surface area contributed by atoms with Crippen LogP contribution in [0.5, 0.6) is 0 Å². The number of carbonyl (C=O) groups is 3. The Kier molecular flexibility index (Phi) is 3.72. The van der Waals surface area contributed by atoms with E-state index in [0.717, 1.165) is 12.1 Å². The first-order chi connectivity index (χ1) is 9.86. The van der Waals surface area contributed by atoms with Gasteiger partial charge in [0.05, 0.1) is 11.3 Å². The van der Waals surface area contributed by atoms with Crippen molar-refractivity contribution in [3.8, 4) is 6.07 Å². The summed E-state index contributed by atoms with van der Waals surface area (Å²) in [4.78, 5) is 36.7. The lowest BCUT2D eigenvalue weighted by Gasteiger charge is -2.32. The molecule has 0 aromatic heterocycles. The monoisotopic (exact) mass is 289 g/mol. The van der Waals surface area contributed by atoms with E-state index in [0.29, 0.717) is 4.90 Å². The summed E-state index contributed by atoms with van der Waals surface area (Å²) in [5, 5.41) is 11.1. The van der Waals surface area contributed by atoms with Crippen LogP contribution in [-0.4, -0.2) is 17.8 Å². The van der Waals surface area contributed by atoms with Crippen molar-refractivity contribution >= 4 is 23.5 Å². The standard InChI is InChI=1S/C14H12FN3O3/c1-7(2)11-12(19)17-14(21)18(13(11)20)10-4-3-9(15)5-8(10)6-16/h3-5,7,11H,1-2H3,(H,17,19,21). The van der Waals surface area contributed by atoms with E-state index in [9.17, 15) is 18.8 Å². The first kappa shape index (κ1) is 14.7. The van der Waals surface area contributed by atoms with E-state index >= 15 is 0 Å². The highest BCUT2D eigenvalue weighted by Gasteiger charge is 2.43. The molecule has 6 nitrogen and oxygen atoms in total. The van der Waals surface area contributed by atoms with Crippen LogP contribution < -0.4 is 10.2 Å². The molecule has 1 saturated heterocycles. The number of hydrogen-bond acceptors (Lipinski definition) is 4. The lowest BCUT2D eigenvalue weighted by molar-refractivity contribution is -0.136. The number of urea groups is 1. The number of rotatable bonds is 2. The lowest BCUT2D eigenvalue weighted by atomic mass is 9.91. The van der Waals surface area contributed by atoms with Crippen LogP contribution in [0.4, 0.5) is 14.9 Å². The number of anilines is 1. The maximum atomic E-state index is 13.2. The first-order valence-corrected chi connectivity index (χ1v) is 6.25. The van der Waals surface area contributed by atoms with Gasteiger partial charge in [-0.3, -0.25) is 14.9 Å².